The fourth-order valence-electron chi connectivity index (χ4n) is 3.76. The number of nitrogens with zero attached hydrogens (tertiary/aromatic N) is 2. The van der Waals surface area contributed by atoms with Gasteiger partial charge in [0.25, 0.3) is 5.91 Å². The van der Waals surface area contributed by atoms with Crippen molar-refractivity contribution in [3.63, 3.8) is 0 Å². The Labute approximate surface area is 187 Å². The van der Waals surface area contributed by atoms with E-state index in [1.54, 1.807) is 24.3 Å². The number of carbonyl (C=O) groups is 1. The second-order valence-electron chi connectivity index (χ2n) is 7.53. The van der Waals surface area contributed by atoms with Crippen LogP contribution in [0.1, 0.15) is 11.1 Å². The monoisotopic (exact) mass is 484 g/mol. The number of hydrogen-bond donors (Lipinski definition) is 0. The first-order valence-corrected chi connectivity index (χ1v) is 12.3. The predicted octanol–water partition coefficient (Wildman–Crippen LogP) is 3.56. The summed E-state index contributed by atoms with van der Waals surface area (Å²) in [5, 5.41) is -0.185. The highest BCUT2D eigenvalue weighted by Gasteiger charge is 2.49. The maximum absolute atomic E-state index is 13.2. The third-order valence-corrected chi connectivity index (χ3v) is 8.46. The van der Waals surface area contributed by atoms with Gasteiger partial charge in [-0.1, -0.05) is 30.0 Å². The maximum Gasteiger partial charge on any atom is 0.416 e. The SMILES string of the molecule is COc1ccc(CC(=O)N=C2S[C@H]3CS(=O)(=O)C[C@@H]3N2c2cccc(C(F)(F)F)c2)cc1. The highest BCUT2D eigenvalue weighted by molar-refractivity contribution is 8.16. The molecule has 0 unspecified atom stereocenters. The van der Waals surface area contributed by atoms with Crippen molar-refractivity contribution < 1.29 is 31.1 Å². The molecule has 0 saturated carbocycles. The molecule has 6 nitrogen and oxygen atoms in total. The molecule has 2 aromatic carbocycles. The molecule has 11 heteroatoms. The van der Waals surface area contributed by atoms with Crippen molar-refractivity contribution in [3.05, 3.63) is 59.7 Å². The fourth-order valence-corrected chi connectivity index (χ4v) is 7.69. The minimum atomic E-state index is -4.55. The zero-order chi connectivity index (χ0) is 23.1. The number of halogens is 3. The lowest BCUT2D eigenvalue weighted by Gasteiger charge is -2.25. The highest BCUT2D eigenvalue weighted by Crippen LogP contribution is 2.42. The zero-order valence-electron chi connectivity index (χ0n) is 16.9. The number of alkyl halides is 3. The standard InChI is InChI=1S/C21H19F3N2O4S2/c1-30-16-7-5-13(6-8-16)9-19(27)25-20-26(17-11-32(28,29)12-18(17)31-20)15-4-2-3-14(10-15)21(22,23)24/h2-8,10,17-18H,9,11-12H2,1H3/t17-,18-/m0/s1. The summed E-state index contributed by atoms with van der Waals surface area (Å²) in [5.74, 6) is -0.142. The average Bonchev–Trinajstić information content (AvgIpc) is 3.18. The third-order valence-electron chi connectivity index (χ3n) is 5.25. The second kappa shape index (κ2) is 8.43. The lowest BCUT2D eigenvalue weighted by Crippen LogP contribution is -2.38. The molecule has 0 aromatic heterocycles. The van der Waals surface area contributed by atoms with Gasteiger partial charge >= 0.3 is 6.18 Å². The van der Waals surface area contributed by atoms with E-state index in [0.29, 0.717) is 11.3 Å². The molecule has 0 spiro atoms. The van der Waals surface area contributed by atoms with Crippen LogP contribution in [0.15, 0.2) is 53.5 Å². The smallest absolute Gasteiger partial charge is 0.416 e. The molecule has 0 N–H and O–H groups in total. The van der Waals surface area contributed by atoms with Gasteiger partial charge in [0, 0.05) is 10.9 Å². The minimum Gasteiger partial charge on any atom is -0.497 e. The van der Waals surface area contributed by atoms with Crippen LogP contribution < -0.4 is 9.64 Å². The number of benzene rings is 2. The number of fused-ring (bicyclic) bond motifs is 1. The summed E-state index contributed by atoms with van der Waals surface area (Å²) in [6, 6.07) is 10.9. The van der Waals surface area contributed by atoms with Crippen molar-refractivity contribution >= 4 is 38.4 Å². The summed E-state index contributed by atoms with van der Waals surface area (Å²) >= 11 is 1.12. The van der Waals surface area contributed by atoms with Crippen LogP contribution in [-0.4, -0.2) is 49.4 Å². The Balaban J connectivity index is 1.65. The normalized spacial score (nSPS) is 23.4. The summed E-state index contributed by atoms with van der Waals surface area (Å²) in [6.45, 7) is 0. The second-order valence-corrected chi connectivity index (χ2v) is 10.9. The lowest BCUT2D eigenvalue weighted by atomic mass is 10.1. The van der Waals surface area contributed by atoms with Gasteiger partial charge in [0.05, 0.1) is 36.6 Å². The highest BCUT2D eigenvalue weighted by atomic mass is 32.2. The first-order chi connectivity index (χ1) is 15.1. The van der Waals surface area contributed by atoms with E-state index in [9.17, 15) is 26.4 Å². The molecular formula is C21H19F3N2O4S2. The molecule has 1 amide bonds. The largest absolute Gasteiger partial charge is 0.497 e. The topological polar surface area (TPSA) is 76.0 Å². The molecule has 2 aromatic rings. The molecule has 170 valence electrons. The number of amidine groups is 1. The van der Waals surface area contributed by atoms with Crippen molar-refractivity contribution in [2.75, 3.05) is 23.5 Å². The fraction of sp³-hybridized carbons (Fsp3) is 0.333. The zero-order valence-corrected chi connectivity index (χ0v) is 18.5. The molecule has 2 saturated heterocycles. The number of rotatable bonds is 4. The Hall–Kier alpha value is -2.53. The van der Waals surface area contributed by atoms with Gasteiger partial charge in [-0.05, 0) is 35.9 Å². The van der Waals surface area contributed by atoms with Gasteiger partial charge in [0.2, 0.25) is 0 Å². The molecule has 0 radical (unpaired) electrons. The van der Waals surface area contributed by atoms with E-state index >= 15 is 0 Å². The van der Waals surface area contributed by atoms with Gasteiger partial charge < -0.3 is 9.64 Å². The Morgan fingerprint density at radius 1 is 1.19 bits per heavy atom. The van der Waals surface area contributed by atoms with Crippen molar-refractivity contribution in [2.24, 2.45) is 4.99 Å². The predicted molar refractivity (Wildman–Crippen MR) is 117 cm³/mol. The number of carbonyl (C=O) groups excluding carboxylic acids is 1. The van der Waals surface area contributed by atoms with Crippen LogP contribution in [0, 0.1) is 0 Å². The quantitative estimate of drug-likeness (QED) is 0.661. The van der Waals surface area contributed by atoms with Crippen molar-refractivity contribution in [1.82, 2.24) is 0 Å². The number of methoxy groups -OCH3 is 1. The number of thioether (sulfide) groups is 1. The van der Waals surface area contributed by atoms with Crippen LogP contribution in [-0.2, 0) is 27.2 Å². The van der Waals surface area contributed by atoms with Crippen LogP contribution in [0.3, 0.4) is 0 Å². The first kappa shape index (κ1) is 22.7. The first-order valence-electron chi connectivity index (χ1n) is 9.64. The van der Waals surface area contributed by atoms with E-state index in [1.165, 1.54) is 24.1 Å². The molecule has 0 bridgehead atoms. The van der Waals surface area contributed by atoms with Crippen LogP contribution in [0.4, 0.5) is 18.9 Å². The number of anilines is 1. The van der Waals surface area contributed by atoms with Gasteiger partial charge in [0.15, 0.2) is 15.0 Å². The van der Waals surface area contributed by atoms with E-state index in [2.05, 4.69) is 4.99 Å². The summed E-state index contributed by atoms with van der Waals surface area (Å²) in [5.41, 5.74) is 0.0117. The van der Waals surface area contributed by atoms with Crippen molar-refractivity contribution in [1.29, 1.82) is 0 Å². The van der Waals surface area contributed by atoms with Crippen molar-refractivity contribution in [2.45, 2.75) is 23.9 Å². The molecule has 2 aliphatic rings. The Bertz CT molecular complexity index is 1160. The van der Waals surface area contributed by atoms with E-state index in [0.717, 1.165) is 23.9 Å². The summed E-state index contributed by atoms with van der Waals surface area (Å²) in [7, 11) is -1.80. The van der Waals surface area contributed by atoms with E-state index in [4.69, 9.17) is 4.74 Å². The van der Waals surface area contributed by atoms with Gasteiger partial charge in [-0.15, -0.1) is 0 Å². The van der Waals surface area contributed by atoms with E-state index in [1.807, 2.05) is 0 Å². The number of ether oxygens (including phenoxy) is 1. The van der Waals surface area contributed by atoms with Gasteiger partial charge in [-0.3, -0.25) is 4.79 Å². The van der Waals surface area contributed by atoms with E-state index in [-0.39, 0.29) is 28.8 Å². The molecule has 32 heavy (non-hydrogen) atoms. The maximum atomic E-state index is 13.2. The van der Waals surface area contributed by atoms with Gasteiger partial charge in [0.1, 0.15) is 5.75 Å². The molecular weight excluding hydrogens is 465 g/mol. The number of amides is 1. The Morgan fingerprint density at radius 2 is 1.91 bits per heavy atom. The summed E-state index contributed by atoms with van der Waals surface area (Å²) in [4.78, 5) is 18.2. The van der Waals surface area contributed by atoms with Crippen LogP contribution in [0.5, 0.6) is 5.75 Å². The van der Waals surface area contributed by atoms with Gasteiger partial charge in [-0.2, -0.15) is 18.2 Å². The van der Waals surface area contributed by atoms with Crippen molar-refractivity contribution in [3.8, 4) is 5.75 Å². The molecule has 4 rings (SSSR count). The minimum absolute atomic E-state index is 0.00187. The van der Waals surface area contributed by atoms with Crippen LogP contribution in [0.25, 0.3) is 0 Å². The molecule has 2 aliphatic heterocycles. The number of sulfone groups is 1. The number of hydrogen-bond acceptors (Lipinski definition) is 5. The third kappa shape index (κ3) is 4.78. The average molecular weight is 485 g/mol. The van der Waals surface area contributed by atoms with Crippen LogP contribution in [0.2, 0.25) is 0 Å². The summed E-state index contributed by atoms with van der Waals surface area (Å²) in [6.07, 6.45) is -4.55. The summed E-state index contributed by atoms with van der Waals surface area (Å²) < 4.78 is 69.1. The molecule has 2 atom stereocenters. The molecule has 0 aliphatic carbocycles. The Morgan fingerprint density at radius 3 is 2.56 bits per heavy atom. The molecule has 2 fully saturated rings. The van der Waals surface area contributed by atoms with E-state index < -0.39 is 38.8 Å². The number of aliphatic imine (C=N–C) groups is 1. The molecule has 2 heterocycles. The van der Waals surface area contributed by atoms with Crippen LogP contribution >= 0.6 is 11.8 Å². The van der Waals surface area contributed by atoms with Gasteiger partial charge in [-0.25, -0.2) is 8.42 Å². The Kier molecular flexibility index (Phi) is 5.97. The lowest BCUT2D eigenvalue weighted by molar-refractivity contribution is -0.137.